The summed E-state index contributed by atoms with van der Waals surface area (Å²) in [6.07, 6.45) is 3.10. The van der Waals surface area contributed by atoms with Crippen molar-refractivity contribution in [3.8, 4) is 0 Å². The summed E-state index contributed by atoms with van der Waals surface area (Å²) >= 11 is 7.64. The highest BCUT2D eigenvalue weighted by molar-refractivity contribution is 7.98. The van der Waals surface area contributed by atoms with Crippen molar-refractivity contribution in [3.05, 3.63) is 23.2 Å². The van der Waals surface area contributed by atoms with Gasteiger partial charge in [-0.15, -0.1) is 0 Å². The topological polar surface area (TPSA) is 58.4 Å². The van der Waals surface area contributed by atoms with E-state index in [0.29, 0.717) is 29.0 Å². The first-order valence-corrected chi connectivity index (χ1v) is 8.29. The Kier molecular flexibility index (Phi) is 7.19. The number of hydrogen-bond donors (Lipinski definition) is 2. The summed E-state index contributed by atoms with van der Waals surface area (Å²) in [5.41, 5.74) is 6.84. The van der Waals surface area contributed by atoms with Crippen LogP contribution in [0.4, 0.5) is 11.4 Å². The Morgan fingerprint density at radius 1 is 1.55 bits per heavy atom. The summed E-state index contributed by atoms with van der Waals surface area (Å²) in [4.78, 5) is 14.1. The van der Waals surface area contributed by atoms with Crippen LogP contribution in [-0.2, 0) is 4.79 Å². The maximum atomic E-state index is 12.0. The molecule has 1 aromatic carbocycles. The second-order valence-electron chi connectivity index (χ2n) is 4.72. The average molecular weight is 316 g/mol. The Balaban J connectivity index is 2.56. The molecule has 1 aromatic rings. The largest absolute Gasteiger partial charge is 0.397 e. The first kappa shape index (κ1) is 17.1. The molecule has 0 fully saturated rings. The SMILES string of the molecule is CCC(CSC)N(C)CC(=O)Nc1ccc(Cl)c(N)c1. The second kappa shape index (κ2) is 8.39. The molecule has 0 aliphatic rings. The molecule has 20 heavy (non-hydrogen) atoms. The first-order chi connectivity index (χ1) is 9.47. The van der Waals surface area contributed by atoms with Crippen molar-refractivity contribution in [3.63, 3.8) is 0 Å². The molecular formula is C14H22ClN3OS. The number of amides is 1. The predicted molar refractivity (Wildman–Crippen MR) is 89.6 cm³/mol. The summed E-state index contributed by atoms with van der Waals surface area (Å²) < 4.78 is 0. The predicted octanol–water partition coefficient (Wildman–Crippen LogP) is 2.93. The van der Waals surface area contributed by atoms with Crippen LogP contribution in [0.1, 0.15) is 13.3 Å². The number of carbonyl (C=O) groups is 1. The molecule has 4 nitrogen and oxygen atoms in total. The molecule has 6 heteroatoms. The molecule has 0 saturated carbocycles. The summed E-state index contributed by atoms with van der Waals surface area (Å²) in [7, 11) is 1.97. The van der Waals surface area contributed by atoms with E-state index < -0.39 is 0 Å². The number of rotatable bonds is 7. The molecule has 1 amide bonds. The van der Waals surface area contributed by atoms with Crippen LogP contribution in [0.5, 0.6) is 0 Å². The van der Waals surface area contributed by atoms with Crippen molar-refractivity contribution in [1.82, 2.24) is 4.90 Å². The number of anilines is 2. The Bertz CT molecular complexity index is 456. The van der Waals surface area contributed by atoms with Gasteiger partial charge in [-0.25, -0.2) is 0 Å². The molecule has 1 rings (SSSR count). The molecule has 112 valence electrons. The number of thioether (sulfide) groups is 1. The monoisotopic (exact) mass is 315 g/mol. The molecule has 1 atom stereocenters. The van der Waals surface area contributed by atoms with E-state index in [1.165, 1.54) is 0 Å². The van der Waals surface area contributed by atoms with Gasteiger partial charge in [0.2, 0.25) is 5.91 Å². The van der Waals surface area contributed by atoms with Crippen molar-refractivity contribution in [1.29, 1.82) is 0 Å². The third-order valence-electron chi connectivity index (χ3n) is 3.13. The van der Waals surface area contributed by atoms with Crippen molar-refractivity contribution in [2.24, 2.45) is 0 Å². The van der Waals surface area contributed by atoms with Gasteiger partial charge in [0.25, 0.3) is 0 Å². The zero-order valence-electron chi connectivity index (χ0n) is 12.1. The molecule has 0 aromatic heterocycles. The number of nitrogens with one attached hydrogen (secondary N) is 1. The van der Waals surface area contributed by atoms with Gasteiger partial charge >= 0.3 is 0 Å². The molecule has 1 unspecified atom stereocenters. The first-order valence-electron chi connectivity index (χ1n) is 6.52. The van der Waals surface area contributed by atoms with Gasteiger partial charge in [0, 0.05) is 17.5 Å². The van der Waals surface area contributed by atoms with Gasteiger partial charge in [-0.2, -0.15) is 11.8 Å². The summed E-state index contributed by atoms with van der Waals surface area (Å²) in [5.74, 6) is 0.975. The van der Waals surface area contributed by atoms with E-state index in [-0.39, 0.29) is 5.91 Å². The highest BCUT2D eigenvalue weighted by Crippen LogP contribution is 2.22. The number of nitrogens with two attached hydrogens (primary N) is 1. The minimum Gasteiger partial charge on any atom is -0.397 e. The summed E-state index contributed by atoms with van der Waals surface area (Å²) in [6, 6.07) is 5.50. The number of hydrogen-bond acceptors (Lipinski definition) is 4. The molecule has 3 N–H and O–H groups in total. The van der Waals surface area contributed by atoms with Gasteiger partial charge in [0.1, 0.15) is 0 Å². The average Bonchev–Trinajstić information content (AvgIpc) is 2.40. The van der Waals surface area contributed by atoms with E-state index in [1.54, 1.807) is 30.0 Å². The number of likely N-dealkylation sites (N-methyl/N-ethyl adjacent to an activating group) is 1. The van der Waals surface area contributed by atoms with E-state index in [2.05, 4.69) is 23.4 Å². The van der Waals surface area contributed by atoms with Gasteiger partial charge in [0.15, 0.2) is 0 Å². The van der Waals surface area contributed by atoms with Crippen molar-refractivity contribution < 1.29 is 4.79 Å². The Morgan fingerprint density at radius 3 is 2.80 bits per heavy atom. The Morgan fingerprint density at radius 2 is 2.25 bits per heavy atom. The van der Waals surface area contributed by atoms with Crippen LogP contribution in [-0.4, -0.2) is 42.4 Å². The zero-order valence-corrected chi connectivity index (χ0v) is 13.7. The van der Waals surface area contributed by atoms with Gasteiger partial charge in [-0.05, 0) is 37.9 Å². The zero-order chi connectivity index (χ0) is 15.1. The smallest absolute Gasteiger partial charge is 0.238 e. The van der Waals surface area contributed by atoms with Crippen LogP contribution in [0.15, 0.2) is 18.2 Å². The molecular weight excluding hydrogens is 294 g/mol. The minimum absolute atomic E-state index is 0.0474. The molecule has 0 radical (unpaired) electrons. The number of nitrogen functional groups attached to an aromatic ring is 1. The van der Waals surface area contributed by atoms with Crippen molar-refractivity contribution in [2.45, 2.75) is 19.4 Å². The van der Waals surface area contributed by atoms with Crippen LogP contribution in [0, 0.1) is 0 Å². The summed E-state index contributed by atoms with van der Waals surface area (Å²) in [6.45, 7) is 2.50. The van der Waals surface area contributed by atoms with Crippen LogP contribution < -0.4 is 11.1 Å². The number of halogens is 1. The quantitative estimate of drug-likeness (QED) is 0.760. The molecule has 0 aliphatic carbocycles. The summed E-state index contributed by atoms with van der Waals surface area (Å²) in [5, 5.41) is 3.33. The Labute approximate surface area is 130 Å². The molecule has 0 heterocycles. The van der Waals surface area contributed by atoms with Crippen LogP contribution in [0.3, 0.4) is 0 Å². The maximum absolute atomic E-state index is 12.0. The second-order valence-corrected chi connectivity index (χ2v) is 6.03. The standard InChI is InChI=1S/C14H22ClN3OS/c1-4-11(9-20-3)18(2)8-14(19)17-10-5-6-12(15)13(16)7-10/h5-7,11H,4,8-9,16H2,1-3H3,(H,17,19). The van der Waals surface area contributed by atoms with Gasteiger partial charge < -0.3 is 11.1 Å². The van der Waals surface area contributed by atoms with Gasteiger partial charge in [-0.1, -0.05) is 18.5 Å². The molecule has 0 bridgehead atoms. The van der Waals surface area contributed by atoms with Crippen LogP contribution in [0.2, 0.25) is 5.02 Å². The van der Waals surface area contributed by atoms with E-state index >= 15 is 0 Å². The lowest BCUT2D eigenvalue weighted by Gasteiger charge is -2.25. The third-order valence-corrected chi connectivity index (χ3v) is 4.19. The number of carbonyl (C=O) groups excluding carboxylic acids is 1. The van der Waals surface area contributed by atoms with E-state index in [4.69, 9.17) is 17.3 Å². The van der Waals surface area contributed by atoms with E-state index in [1.807, 2.05) is 7.05 Å². The molecule has 0 saturated heterocycles. The van der Waals surface area contributed by atoms with Crippen LogP contribution >= 0.6 is 23.4 Å². The normalized spacial score (nSPS) is 12.4. The minimum atomic E-state index is -0.0474. The van der Waals surface area contributed by atoms with E-state index in [9.17, 15) is 4.79 Å². The number of nitrogens with zero attached hydrogens (tertiary/aromatic N) is 1. The fourth-order valence-corrected chi connectivity index (χ4v) is 2.92. The van der Waals surface area contributed by atoms with Crippen molar-refractivity contribution in [2.75, 3.05) is 36.7 Å². The Hall–Kier alpha value is -0.910. The highest BCUT2D eigenvalue weighted by atomic mass is 35.5. The van der Waals surface area contributed by atoms with Crippen molar-refractivity contribution >= 4 is 40.6 Å². The third kappa shape index (κ3) is 5.23. The highest BCUT2D eigenvalue weighted by Gasteiger charge is 2.15. The lowest BCUT2D eigenvalue weighted by Crippen LogP contribution is -2.39. The fourth-order valence-electron chi connectivity index (χ4n) is 1.93. The molecule has 0 aliphatic heterocycles. The number of benzene rings is 1. The fraction of sp³-hybridized carbons (Fsp3) is 0.500. The molecule has 0 spiro atoms. The van der Waals surface area contributed by atoms with Gasteiger partial charge in [0.05, 0.1) is 17.3 Å². The lowest BCUT2D eigenvalue weighted by molar-refractivity contribution is -0.117. The van der Waals surface area contributed by atoms with Gasteiger partial charge in [-0.3, -0.25) is 9.69 Å². The maximum Gasteiger partial charge on any atom is 0.238 e. The van der Waals surface area contributed by atoms with Crippen LogP contribution in [0.25, 0.3) is 0 Å². The lowest BCUT2D eigenvalue weighted by atomic mass is 10.2. The van der Waals surface area contributed by atoms with E-state index in [0.717, 1.165) is 12.2 Å².